The molecule has 0 bridgehead atoms. The van der Waals surface area contributed by atoms with Gasteiger partial charge < -0.3 is 8.80 Å². The summed E-state index contributed by atoms with van der Waals surface area (Å²) in [5, 5.41) is 15.7. The summed E-state index contributed by atoms with van der Waals surface area (Å²) in [4.78, 5) is 0. The second-order valence-electron chi connectivity index (χ2n) is 16.2. The van der Waals surface area contributed by atoms with Crippen molar-refractivity contribution in [3.05, 3.63) is 168 Å². The van der Waals surface area contributed by atoms with Crippen molar-refractivity contribution >= 4 is 97.7 Å². The SMILES string of the molecule is Cc1cccc(C)c1-c1c2cc3c4cccc5c6ccccc6n(c3cc2c(-c2c(C)cccc2C)c2cc3c6cccc7c8ccccc8n(c3cc12)c76)c54. The Labute approximate surface area is 323 Å². The Morgan fingerprint density at radius 2 is 0.571 bits per heavy atom. The highest BCUT2D eigenvalue weighted by Crippen LogP contribution is 2.51. The molecule has 0 amide bonds. The van der Waals surface area contributed by atoms with E-state index in [0.29, 0.717) is 0 Å². The van der Waals surface area contributed by atoms with Gasteiger partial charge in [-0.15, -0.1) is 0 Å². The van der Waals surface area contributed by atoms with Gasteiger partial charge in [0.15, 0.2) is 0 Å². The van der Waals surface area contributed by atoms with Gasteiger partial charge in [-0.1, -0.05) is 109 Å². The topological polar surface area (TPSA) is 8.82 Å². The first-order valence-electron chi connectivity index (χ1n) is 19.8. The Morgan fingerprint density at radius 1 is 0.250 bits per heavy atom. The van der Waals surface area contributed by atoms with E-state index in [1.807, 2.05) is 0 Å². The number of fused-ring (bicyclic) bond motifs is 14. The van der Waals surface area contributed by atoms with Gasteiger partial charge in [0.05, 0.1) is 33.1 Å². The van der Waals surface area contributed by atoms with Gasteiger partial charge >= 0.3 is 0 Å². The molecular weight excluding hydrogens is 677 g/mol. The third-order valence-corrected chi connectivity index (χ3v) is 13.3. The maximum Gasteiger partial charge on any atom is 0.0620 e. The highest BCUT2D eigenvalue weighted by molar-refractivity contribution is 6.32. The summed E-state index contributed by atoms with van der Waals surface area (Å²) in [5.74, 6) is 0. The molecule has 262 valence electrons. The van der Waals surface area contributed by atoms with E-state index in [4.69, 9.17) is 0 Å². The van der Waals surface area contributed by atoms with Crippen LogP contribution >= 0.6 is 0 Å². The average molecular weight is 713 g/mol. The van der Waals surface area contributed by atoms with Crippen molar-refractivity contribution in [3.8, 4) is 22.3 Å². The molecule has 13 rings (SSSR count). The van der Waals surface area contributed by atoms with E-state index in [9.17, 15) is 0 Å². The van der Waals surface area contributed by atoms with Crippen LogP contribution in [0, 0.1) is 27.7 Å². The smallest absolute Gasteiger partial charge is 0.0620 e. The minimum absolute atomic E-state index is 1.26. The number of para-hydroxylation sites is 4. The Balaban J connectivity index is 1.35. The number of hydrogen-bond donors (Lipinski definition) is 0. The normalized spacial score (nSPS) is 12.6. The summed E-state index contributed by atoms with van der Waals surface area (Å²) in [6.07, 6.45) is 0. The maximum absolute atomic E-state index is 2.55. The Morgan fingerprint density at radius 3 is 0.982 bits per heavy atom. The van der Waals surface area contributed by atoms with E-state index >= 15 is 0 Å². The molecule has 2 heteroatoms. The number of hydrogen-bond acceptors (Lipinski definition) is 0. The Bertz CT molecular complexity index is 3560. The van der Waals surface area contributed by atoms with Crippen LogP contribution in [0.2, 0.25) is 0 Å². The van der Waals surface area contributed by atoms with Crippen LogP contribution in [0.25, 0.3) is 120 Å². The zero-order valence-corrected chi connectivity index (χ0v) is 31.8. The lowest BCUT2D eigenvalue weighted by atomic mass is 9.81. The summed E-state index contributed by atoms with van der Waals surface area (Å²) in [5.41, 5.74) is 18.2. The molecule has 56 heavy (non-hydrogen) atoms. The lowest BCUT2D eigenvalue weighted by molar-refractivity contribution is 1.37. The van der Waals surface area contributed by atoms with Crippen LogP contribution in [0.15, 0.2) is 146 Å². The molecule has 0 radical (unpaired) electrons. The van der Waals surface area contributed by atoms with Gasteiger partial charge in [0.2, 0.25) is 0 Å². The molecular formula is C54H36N2. The van der Waals surface area contributed by atoms with Crippen LogP contribution in [0.5, 0.6) is 0 Å². The van der Waals surface area contributed by atoms with E-state index in [-0.39, 0.29) is 0 Å². The molecule has 0 unspecified atom stereocenters. The summed E-state index contributed by atoms with van der Waals surface area (Å²) >= 11 is 0. The zero-order valence-electron chi connectivity index (χ0n) is 31.8. The second-order valence-corrected chi connectivity index (χ2v) is 16.2. The summed E-state index contributed by atoms with van der Waals surface area (Å²) in [7, 11) is 0. The molecule has 0 atom stereocenters. The Hall–Kier alpha value is -6.90. The highest BCUT2D eigenvalue weighted by Gasteiger charge is 2.26. The molecule has 0 fully saturated rings. The third-order valence-electron chi connectivity index (χ3n) is 13.3. The molecule has 0 N–H and O–H groups in total. The predicted molar refractivity (Wildman–Crippen MR) is 241 cm³/mol. The molecule has 13 aromatic rings. The molecule has 9 aromatic carbocycles. The predicted octanol–water partition coefficient (Wildman–Crippen LogP) is 14.9. The molecule has 4 aromatic heterocycles. The van der Waals surface area contributed by atoms with Crippen LogP contribution < -0.4 is 0 Å². The van der Waals surface area contributed by atoms with E-state index in [1.54, 1.807) is 0 Å². The lowest BCUT2D eigenvalue weighted by Gasteiger charge is -2.22. The fourth-order valence-corrected chi connectivity index (χ4v) is 11.0. The lowest BCUT2D eigenvalue weighted by Crippen LogP contribution is -1.97. The van der Waals surface area contributed by atoms with Gasteiger partial charge in [0.25, 0.3) is 0 Å². The van der Waals surface area contributed by atoms with Crippen LogP contribution in [0.3, 0.4) is 0 Å². The zero-order chi connectivity index (χ0) is 37.1. The minimum Gasteiger partial charge on any atom is -0.308 e. The molecule has 4 heterocycles. The fourth-order valence-electron chi connectivity index (χ4n) is 11.0. The summed E-state index contributed by atoms with van der Waals surface area (Å²) < 4.78 is 5.07. The fraction of sp³-hybridized carbons (Fsp3) is 0.0741. The van der Waals surface area contributed by atoms with Crippen LogP contribution in [0.4, 0.5) is 0 Å². The average Bonchev–Trinajstić information content (AvgIpc) is 3.93. The van der Waals surface area contributed by atoms with E-state index in [1.165, 1.54) is 142 Å². The maximum atomic E-state index is 2.55. The molecule has 2 nitrogen and oxygen atoms in total. The van der Waals surface area contributed by atoms with E-state index < -0.39 is 0 Å². The van der Waals surface area contributed by atoms with Crippen molar-refractivity contribution in [2.45, 2.75) is 27.7 Å². The summed E-state index contributed by atoms with van der Waals surface area (Å²) in [6, 6.07) is 55.3. The van der Waals surface area contributed by atoms with Crippen molar-refractivity contribution in [2.24, 2.45) is 0 Å². The number of nitrogens with zero attached hydrogens (tertiary/aromatic N) is 2. The van der Waals surface area contributed by atoms with Gasteiger partial charge in [-0.05, 0) is 130 Å². The molecule has 0 saturated heterocycles. The van der Waals surface area contributed by atoms with Crippen LogP contribution in [0.1, 0.15) is 22.3 Å². The van der Waals surface area contributed by atoms with Gasteiger partial charge in [0, 0.05) is 43.1 Å². The first kappa shape index (κ1) is 30.4. The first-order chi connectivity index (χ1) is 27.5. The monoisotopic (exact) mass is 712 g/mol. The number of rotatable bonds is 2. The molecule has 0 aliphatic carbocycles. The van der Waals surface area contributed by atoms with E-state index in [2.05, 4.69) is 182 Å². The van der Waals surface area contributed by atoms with Crippen molar-refractivity contribution in [1.82, 2.24) is 8.80 Å². The molecule has 0 saturated carbocycles. The molecule has 0 aliphatic heterocycles. The van der Waals surface area contributed by atoms with Gasteiger partial charge in [0.1, 0.15) is 0 Å². The van der Waals surface area contributed by atoms with Crippen molar-refractivity contribution < 1.29 is 0 Å². The second kappa shape index (κ2) is 10.4. The minimum atomic E-state index is 1.26. The van der Waals surface area contributed by atoms with Gasteiger partial charge in [-0.25, -0.2) is 0 Å². The van der Waals surface area contributed by atoms with Crippen LogP contribution in [-0.4, -0.2) is 8.80 Å². The third kappa shape index (κ3) is 3.58. The quantitative estimate of drug-likeness (QED) is 0.158. The van der Waals surface area contributed by atoms with Crippen molar-refractivity contribution in [1.29, 1.82) is 0 Å². The number of benzene rings is 9. The summed E-state index contributed by atoms with van der Waals surface area (Å²) in [6.45, 7) is 9.16. The highest BCUT2D eigenvalue weighted by atomic mass is 14.9. The first-order valence-corrected chi connectivity index (χ1v) is 19.8. The van der Waals surface area contributed by atoms with Gasteiger partial charge in [-0.3, -0.25) is 0 Å². The largest absolute Gasteiger partial charge is 0.308 e. The molecule has 0 spiro atoms. The Kier molecular flexibility index (Phi) is 5.67. The number of aromatic nitrogens is 2. The van der Waals surface area contributed by atoms with E-state index in [0.717, 1.165) is 0 Å². The van der Waals surface area contributed by atoms with Crippen molar-refractivity contribution in [2.75, 3.05) is 0 Å². The standard InChI is InChI=1S/C54H36N2/c1-29-13-9-14-30(2)49(29)51-41-25-39-37-21-11-19-35-34-18-6-8-24-46(34)56(53(35)37)48(39)28-44(41)52(50-31(3)15-10-16-32(50)4)42-26-40-38-22-12-20-36-33-17-5-7-23-45(33)55(54(36)38)47(40)27-43(42)51/h5-28H,1-4H3. The molecule has 0 aliphatic rings. The number of aryl methyl sites for hydroxylation is 4. The van der Waals surface area contributed by atoms with Gasteiger partial charge in [-0.2, -0.15) is 0 Å². The van der Waals surface area contributed by atoms with Crippen molar-refractivity contribution in [3.63, 3.8) is 0 Å². The van der Waals surface area contributed by atoms with Crippen LogP contribution in [-0.2, 0) is 0 Å².